The van der Waals surface area contributed by atoms with Crippen LogP contribution in [0.15, 0.2) is 35.4 Å². The first-order valence-electron chi connectivity index (χ1n) is 6.13. The molecule has 21 heavy (non-hydrogen) atoms. The Labute approximate surface area is 119 Å². The van der Waals surface area contributed by atoms with Crippen LogP contribution in [0.3, 0.4) is 0 Å². The van der Waals surface area contributed by atoms with E-state index in [1.807, 2.05) is 0 Å². The van der Waals surface area contributed by atoms with Crippen LogP contribution in [0.25, 0.3) is 0 Å². The van der Waals surface area contributed by atoms with Gasteiger partial charge in [-0.15, -0.1) is 0 Å². The van der Waals surface area contributed by atoms with E-state index in [-0.39, 0.29) is 17.4 Å². The number of amides is 1. The number of aromatic amines is 1. The molecule has 0 aromatic carbocycles. The Balaban J connectivity index is 2.12. The summed E-state index contributed by atoms with van der Waals surface area (Å²) in [5.74, 6) is -1.53. The quantitative estimate of drug-likeness (QED) is 0.775. The van der Waals surface area contributed by atoms with Gasteiger partial charge in [0.15, 0.2) is 5.43 Å². The molecule has 7 nitrogen and oxygen atoms in total. The summed E-state index contributed by atoms with van der Waals surface area (Å²) < 4.78 is 0. The van der Waals surface area contributed by atoms with Crippen molar-refractivity contribution in [1.82, 2.24) is 9.97 Å². The molecule has 0 aliphatic rings. The van der Waals surface area contributed by atoms with Crippen molar-refractivity contribution in [3.8, 4) is 0 Å². The zero-order chi connectivity index (χ0) is 15.4. The monoisotopic (exact) mass is 287 g/mol. The highest BCUT2D eigenvalue weighted by Gasteiger charge is 2.11. The Morgan fingerprint density at radius 1 is 1.38 bits per heavy atom. The lowest BCUT2D eigenvalue weighted by Gasteiger charge is -2.05. The Bertz CT molecular complexity index is 735. The van der Waals surface area contributed by atoms with E-state index >= 15 is 0 Å². The summed E-state index contributed by atoms with van der Waals surface area (Å²) in [5, 5.41) is 11.2. The van der Waals surface area contributed by atoms with E-state index in [0.717, 1.165) is 0 Å². The Kier molecular flexibility index (Phi) is 4.13. The molecular weight excluding hydrogens is 274 g/mol. The van der Waals surface area contributed by atoms with Crippen LogP contribution in [-0.4, -0.2) is 27.0 Å². The van der Waals surface area contributed by atoms with Gasteiger partial charge in [-0.25, -0.2) is 0 Å². The maximum atomic E-state index is 12.0. The molecule has 0 aliphatic heterocycles. The van der Waals surface area contributed by atoms with Crippen molar-refractivity contribution < 1.29 is 14.7 Å². The maximum absolute atomic E-state index is 12.0. The fourth-order valence-corrected chi connectivity index (χ4v) is 1.71. The van der Waals surface area contributed by atoms with E-state index in [4.69, 9.17) is 5.11 Å². The zero-order valence-corrected chi connectivity index (χ0v) is 11.2. The van der Waals surface area contributed by atoms with Crippen molar-refractivity contribution in [2.24, 2.45) is 0 Å². The number of carbonyl (C=O) groups excluding carboxylic acids is 1. The van der Waals surface area contributed by atoms with E-state index < -0.39 is 11.9 Å². The number of pyridine rings is 2. The predicted molar refractivity (Wildman–Crippen MR) is 75.3 cm³/mol. The maximum Gasteiger partial charge on any atom is 0.309 e. The summed E-state index contributed by atoms with van der Waals surface area (Å²) in [5.41, 5.74) is 1.05. The van der Waals surface area contributed by atoms with Crippen molar-refractivity contribution in [3.63, 3.8) is 0 Å². The number of aryl methyl sites for hydroxylation is 1. The van der Waals surface area contributed by atoms with Crippen molar-refractivity contribution in [2.45, 2.75) is 13.3 Å². The molecule has 2 heterocycles. The third-order valence-corrected chi connectivity index (χ3v) is 2.72. The van der Waals surface area contributed by atoms with E-state index in [9.17, 15) is 14.4 Å². The number of H-pyrrole nitrogens is 1. The molecule has 0 fully saturated rings. The van der Waals surface area contributed by atoms with Gasteiger partial charge in [0.2, 0.25) is 0 Å². The minimum Gasteiger partial charge on any atom is -0.481 e. The highest BCUT2D eigenvalue weighted by Crippen LogP contribution is 2.08. The van der Waals surface area contributed by atoms with Gasteiger partial charge in [-0.3, -0.25) is 19.4 Å². The van der Waals surface area contributed by atoms with Crippen LogP contribution >= 0.6 is 0 Å². The summed E-state index contributed by atoms with van der Waals surface area (Å²) in [7, 11) is 0. The molecular formula is C14H13N3O4. The van der Waals surface area contributed by atoms with Gasteiger partial charge < -0.3 is 15.4 Å². The summed E-state index contributed by atoms with van der Waals surface area (Å²) in [6.07, 6.45) is 2.50. The molecule has 3 N–H and O–H groups in total. The Morgan fingerprint density at radius 3 is 2.71 bits per heavy atom. The second kappa shape index (κ2) is 6.00. The molecule has 2 aromatic rings. The molecule has 0 spiro atoms. The van der Waals surface area contributed by atoms with Gasteiger partial charge in [0, 0.05) is 18.0 Å². The second-order valence-electron chi connectivity index (χ2n) is 4.46. The minimum atomic E-state index is -0.981. The van der Waals surface area contributed by atoms with Crippen LogP contribution in [0.2, 0.25) is 0 Å². The number of carboxylic acid groups (broad SMARTS) is 1. The topological polar surface area (TPSA) is 112 Å². The van der Waals surface area contributed by atoms with E-state index in [1.54, 1.807) is 6.92 Å². The molecule has 1 amide bonds. The van der Waals surface area contributed by atoms with Crippen LogP contribution in [0.5, 0.6) is 0 Å². The third-order valence-electron chi connectivity index (χ3n) is 2.72. The standard InChI is InChI=1S/C14H13N3O4/c1-8-4-12(18)11(7-15-8)14(21)17-10-3-2-9(16-6-10)5-13(19)20/h2-4,6-7H,5H2,1H3,(H,15,18)(H,17,21)(H,19,20). The Morgan fingerprint density at radius 2 is 2.14 bits per heavy atom. The molecule has 0 unspecified atom stereocenters. The van der Waals surface area contributed by atoms with Crippen molar-refractivity contribution in [2.75, 3.05) is 5.32 Å². The predicted octanol–water partition coefficient (Wildman–Crippen LogP) is 0.958. The average molecular weight is 287 g/mol. The number of carbonyl (C=O) groups is 2. The highest BCUT2D eigenvalue weighted by molar-refractivity contribution is 6.03. The molecule has 0 atom stereocenters. The molecule has 0 saturated heterocycles. The van der Waals surface area contributed by atoms with Crippen LogP contribution in [0.1, 0.15) is 21.7 Å². The number of carboxylic acids is 1. The number of rotatable bonds is 4. The number of nitrogens with one attached hydrogen (secondary N) is 2. The van der Waals surface area contributed by atoms with Gasteiger partial charge in [0.25, 0.3) is 5.91 Å². The smallest absolute Gasteiger partial charge is 0.309 e. The summed E-state index contributed by atoms with van der Waals surface area (Å²) >= 11 is 0. The summed E-state index contributed by atoms with van der Waals surface area (Å²) in [6, 6.07) is 4.37. The first-order valence-corrected chi connectivity index (χ1v) is 6.13. The molecule has 2 rings (SSSR count). The summed E-state index contributed by atoms with van der Waals surface area (Å²) in [4.78, 5) is 40.9. The number of nitrogens with zero attached hydrogens (tertiary/aromatic N) is 1. The molecule has 0 bridgehead atoms. The molecule has 7 heteroatoms. The molecule has 108 valence electrons. The van der Waals surface area contributed by atoms with Gasteiger partial charge in [-0.05, 0) is 19.1 Å². The van der Waals surface area contributed by atoms with E-state index in [0.29, 0.717) is 17.1 Å². The van der Waals surface area contributed by atoms with Crippen molar-refractivity contribution >= 4 is 17.6 Å². The average Bonchev–Trinajstić information content (AvgIpc) is 2.40. The van der Waals surface area contributed by atoms with Crippen LogP contribution in [-0.2, 0) is 11.2 Å². The Hall–Kier alpha value is -2.96. The lowest BCUT2D eigenvalue weighted by Crippen LogP contribution is -2.21. The van der Waals surface area contributed by atoms with Gasteiger partial charge in [-0.2, -0.15) is 0 Å². The molecule has 0 aliphatic carbocycles. The first kappa shape index (κ1) is 14.4. The molecule has 0 radical (unpaired) electrons. The van der Waals surface area contributed by atoms with Crippen LogP contribution in [0, 0.1) is 6.92 Å². The van der Waals surface area contributed by atoms with Gasteiger partial charge in [-0.1, -0.05) is 0 Å². The lowest BCUT2D eigenvalue weighted by atomic mass is 10.2. The van der Waals surface area contributed by atoms with Crippen LogP contribution < -0.4 is 10.7 Å². The highest BCUT2D eigenvalue weighted by atomic mass is 16.4. The largest absolute Gasteiger partial charge is 0.481 e. The van der Waals surface area contributed by atoms with Gasteiger partial charge in [0.1, 0.15) is 5.56 Å². The second-order valence-corrected chi connectivity index (χ2v) is 4.46. The number of hydrogen-bond donors (Lipinski definition) is 3. The third kappa shape index (κ3) is 3.75. The SMILES string of the molecule is Cc1cc(=O)c(C(=O)Nc2ccc(CC(=O)O)nc2)c[nH]1. The minimum absolute atomic E-state index is 0.00443. The zero-order valence-electron chi connectivity index (χ0n) is 11.2. The van der Waals surface area contributed by atoms with Crippen LogP contribution in [0.4, 0.5) is 5.69 Å². The summed E-state index contributed by atoms with van der Waals surface area (Å²) in [6.45, 7) is 1.72. The molecule has 2 aromatic heterocycles. The first-order chi connectivity index (χ1) is 9.95. The lowest BCUT2D eigenvalue weighted by molar-refractivity contribution is -0.136. The number of hydrogen-bond acceptors (Lipinski definition) is 4. The fourth-order valence-electron chi connectivity index (χ4n) is 1.71. The fraction of sp³-hybridized carbons (Fsp3) is 0.143. The van der Waals surface area contributed by atoms with Crippen molar-refractivity contribution in [3.05, 3.63) is 57.8 Å². The van der Waals surface area contributed by atoms with Crippen molar-refractivity contribution in [1.29, 1.82) is 0 Å². The van der Waals surface area contributed by atoms with Gasteiger partial charge >= 0.3 is 5.97 Å². The van der Waals surface area contributed by atoms with E-state index in [1.165, 1.54) is 30.6 Å². The van der Waals surface area contributed by atoms with E-state index in [2.05, 4.69) is 15.3 Å². The number of aromatic nitrogens is 2. The van der Waals surface area contributed by atoms with Gasteiger partial charge in [0.05, 0.1) is 24.0 Å². The molecule has 0 saturated carbocycles. The normalized spacial score (nSPS) is 10.1. The number of anilines is 1. The number of aliphatic carboxylic acids is 1.